The molecule has 0 saturated carbocycles. The number of carbonyl (C=O) groups excluding carboxylic acids is 1. The molecule has 7 heteroatoms. The van der Waals surface area contributed by atoms with Crippen LogP contribution in [0.5, 0.6) is 0 Å². The first-order valence-corrected chi connectivity index (χ1v) is 10.1. The Hall–Kier alpha value is -1.44. The number of aromatic nitrogens is 3. The van der Waals surface area contributed by atoms with E-state index in [0.717, 1.165) is 26.9 Å². The van der Waals surface area contributed by atoms with Gasteiger partial charge in [-0.15, -0.1) is 21.5 Å². The van der Waals surface area contributed by atoms with E-state index in [9.17, 15) is 4.79 Å². The quantitative estimate of drug-likeness (QED) is 0.407. The Kier molecular flexibility index (Phi) is 5.53. The second-order valence-corrected chi connectivity index (χ2v) is 8.33. The summed E-state index contributed by atoms with van der Waals surface area (Å²) < 4.78 is 3.02. The number of rotatable bonds is 6. The summed E-state index contributed by atoms with van der Waals surface area (Å²) in [4.78, 5) is 13.7. The van der Waals surface area contributed by atoms with Crippen molar-refractivity contribution in [1.29, 1.82) is 0 Å². The molecule has 1 aromatic carbocycles. The van der Waals surface area contributed by atoms with Crippen molar-refractivity contribution in [3.05, 3.63) is 51.8 Å². The van der Waals surface area contributed by atoms with E-state index in [-0.39, 0.29) is 11.0 Å². The summed E-state index contributed by atoms with van der Waals surface area (Å²) in [5, 5.41) is 11.2. The van der Waals surface area contributed by atoms with Gasteiger partial charge in [-0.05, 0) is 37.4 Å². The zero-order valence-corrected chi connectivity index (χ0v) is 16.5. The summed E-state index contributed by atoms with van der Waals surface area (Å²) >= 11 is 6.48. The number of hydrogen-bond donors (Lipinski definition) is 0. The molecule has 1 atom stereocenters. The molecule has 3 aromatic rings. The summed E-state index contributed by atoms with van der Waals surface area (Å²) in [6.07, 6.45) is 0. The van der Waals surface area contributed by atoms with Crippen molar-refractivity contribution in [1.82, 2.24) is 14.8 Å². The van der Waals surface area contributed by atoms with Crippen molar-refractivity contribution in [2.75, 3.05) is 0 Å². The van der Waals surface area contributed by atoms with Crippen LogP contribution in [0, 0.1) is 0 Å². The lowest BCUT2D eigenvalue weighted by Crippen LogP contribution is -2.14. The number of Topliss-reactive ketones (excluding diaryl/α,β-unsaturated/α-hetero) is 1. The molecule has 124 valence electrons. The Morgan fingerprint density at radius 1 is 1.29 bits per heavy atom. The van der Waals surface area contributed by atoms with Crippen LogP contribution in [0.2, 0.25) is 0 Å². The second-order valence-electron chi connectivity index (χ2n) is 5.16. The molecular weight excluding hydrogens is 406 g/mol. The third kappa shape index (κ3) is 3.63. The van der Waals surface area contributed by atoms with Gasteiger partial charge in [0, 0.05) is 16.6 Å². The predicted molar refractivity (Wildman–Crippen MR) is 103 cm³/mol. The van der Waals surface area contributed by atoms with E-state index in [1.54, 1.807) is 11.3 Å². The zero-order chi connectivity index (χ0) is 17.1. The predicted octanol–water partition coefficient (Wildman–Crippen LogP) is 5.15. The number of thioether (sulfide) groups is 1. The topological polar surface area (TPSA) is 47.8 Å². The van der Waals surface area contributed by atoms with Gasteiger partial charge in [0.15, 0.2) is 16.8 Å². The molecule has 0 spiro atoms. The van der Waals surface area contributed by atoms with Crippen molar-refractivity contribution in [3.63, 3.8) is 0 Å². The summed E-state index contributed by atoms with van der Waals surface area (Å²) in [6.45, 7) is 4.74. The van der Waals surface area contributed by atoms with E-state index < -0.39 is 0 Å². The van der Waals surface area contributed by atoms with E-state index in [1.165, 1.54) is 11.8 Å². The van der Waals surface area contributed by atoms with Crippen molar-refractivity contribution in [2.45, 2.75) is 30.8 Å². The molecule has 0 saturated heterocycles. The molecule has 4 nitrogen and oxygen atoms in total. The maximum atomic E-state index is 12.6. The highest BCUT2D eigenvalue weighted by molar-refractivity contribution is 9.10. The number of halogens is 1. The highest BCUT2D eigenvalue weighted by Gasteiger charge is 2.21. The lowest BCUT2D eigenvalue weighted by Gasteiger charge is -2.11. The normalized spacial score (nSPS) is 12.3. The minimum Gasteiger partial charge on any atom is -0.302 e. The standard InChI is InChI=1S/C17H16BrN3OS2/c1-3-21-16(14-5-4-10-23-14)19-20-17(21)24-11(2)15(22)12-6-8-13(18)9-7-12/h4-11H,3H2,1-2H3. The lowest BCUT2D eigenvalue weighted by molar-refractivity contribution is 0.0994. The van der Waals surface area contributed by atoms with Crippen LogP contribution in [0.1, 0.15) is 24.2 Å². The average Bonchev–Trinajstić information content (AvgIpc) is 3.23. The molecule has 24 heavy (non-hydrogen) atoms. The van der Waals surface area contributed by atoms with Gasteiger partial charge in [0.2, 0.25) is 0 Å². The van der Waals surface area contributed by atoms with Crippen LogP contribution in [0.25, 0.3) is 10.7 Å². The summed E-state index contributed by atoms with van der Waals surface area (Å²) in [5.41, 5.74) is 0.708. The highest BCUT2D eigenvalue weighted by atomic mass is 79.9. The van der Waals surface area contributed by atoms with E-state index in [1.807, 2.05) is 48.7 Å². The van der Waals surface area contributed by atoms with Gasteiger partial charge in [0.05, 0.1) is 10.1 Å². The van der Waals surface area contributed by atoms with Crippen LogP contribution < -0.4 is 0 Å². The van der Waals surface area contributed by atoms with Crippen LogP contribution >= 0.6 is 39.0 Å². The molecule has 0 aliphatic carbocycles. The van der Waals surface area contributed by atoms with Gasteiger partial charge in [-0.3, -0.25) is 4.79 Å². The number of thiophene rings is 1. The fraction of sp³-hybridized carbons (Fsp3) is 0.235. The van der Waals surface area contributed by atoms with Crippen molar-refractivity contribution < 1.29 is 4.79 Å². The Morgan fingerprint density at radius 3 is 2.67 bits per heavy atom. The fourth-order valence-electron chi connectivity index (χ4n) is 2.31. The highest BCUT2D eigenvalue weighted by Crippen LogP contribution is 2.30. The SMILES string of the molecule is CCn1c(SC(C)C(=O)c2ccc(Br)cc2)nnc1-c1cccs1. The van der Waals surface area contributed by atoms with Gasteiger partial charge in [0.1, 0.15) is 0 Å². The van der Waals surface area contributed by atoms with Gasteiger partial charge in [-0.2, -0.15) is 0 Å². The third-order valence-corrected chi connectivity index (χ3v) is 6.03. The molecular formula is C17H16BrN3OS2. The average molecular weight is 422 g/mol. The molecule has 3 rings (SSSR count). The number of benzene rings is 1. The zero-order valence-electron chi connectivity index (χ0n) is 13.3. The molecule has 0 bridgehead atoms. The molecule has 2 aromatic heterocycles. The fourth-order valence-corrected chi connectivity index (χ4v) is 4.28. The van der Waals surface area contributed by atoms with Gasteiger partial charge in [-0.1, -0.05) is 45.9 Å². The summed E-state index contributed by atoms with van der Waals surface area (Å²) in [7, 11) is 0. The van der Waals surface area contributed by atoms with Crippen LogP contribution in [-0.4, -0.2) is 25.8 Å². The minimum atomic E-state index is -0.225. The molecule has 0 aliphatic heterocycles. The molecule has 0 fully saturated rings. The number of carbonyl (C=O) groups is 1. The Balaban J connectivity index is 1.80. The number of hydrogen-bond acceptors (Lipinski definition) is 5. The summed E-state index contributed by atoms with van der Waals surface area (Å²) in [6, 6.07) is 11.5. The van der Waals surface area contributed by atoms with Gasteiger partial charge in [-0.25, -0.2) is 0 Å². The second kappa shape index (κ2) is 7.63. The Morgan fingerprint density at radius 2 is 2.04 bits per heavy atom. The third-order valence-electron chi connectivity index (χ3n) is 3.55. The molecule has 0 radical (unpaired) electrons. The van der Waals surface area contributed by atoms with Crippen LogP contribution in [0.3, 0.4) is 0 Å². The van der Waals surface area contributed by atoms with Gasteiger partial charge in [0.25, 0.3) is 0 Å². The number of nitrogens with zero attached hydrogens (tertiary/aromatic N) is 3. The summed E-state index contributed by atoms with van der Waals surface area (Å²) in [5.74, 6) is 0.953. The number of ketones is 1. The molecule has 0 amide bonds. The van der Waals surface area contributed by atoms with Crippen molar-refractivity contribution >= 4 is 44.8 Å². The first-order chi connectivity index (χ1) is 11.6. The van der Waals surface area contributed by atoms with Gasteiger partial charge < -0.3 is 4.57 Å². The molecule has 1 unspecified atom stereocenters. The first kappa shape index (κ1) is 17.4. The molecule has 0 N–H and O–H groups in total. The molecule has 0 aliphatic rings. The molecule has 2 heterocycles. The van der Waals surface area contributed by atoms with E-state index in [2.05, 4.69) is 37.6 Å². The Bertz CT molecular complexity index is 828. The van der Waals surface area contributed by atoms with Crippen LogP contribution in [-0.2, 0) is 6.54 Å². The van der Waals surface area contributed by atoms with Crippen LogP contribution in [0.15, 0.2) is 51.4 Å². The Labute approximate surface area is 157 Å². The van der Waals surface area contributed by atoms with Gasteiger partial charge >= 0.3 is 0 Å². The van der Waals surface area contributed by atoms with Crippen molar-refractivity contribution in [2.24, 2.45) is 0 Å². The largest absolute Gasteiger partial charge is 0.302 e. The maximum absolute atomic E-state index is 12.6. The lowest BCUT2D eigenvalue weighted by atomic mass is 10.1. The van der Waals surface area contributed by atoms with Crippen LogP contribution in [0.4, 0.5) is 0 Å². The van der Waals surface area contributed by atoms with E-state index in [0.29, 0.717) is 5.56 Å². The smallest absolute Gasteiger partial charge is 0.192 e. The van der Waals surface area contributed by atoms with E-state index in [4.69, 9.17) is 0 Å². The van der Waals surface area contributed by atoms with E-state index >= 15 is 0 Å². The monoisotopic (exact) mass is 421 g/mol. The van der Waals surface area contributed by atoms with Crippen molar-refractivity contribution in [3.8, 4) is 10.7 Å². The first-order valence-electron chi connectivity index (χ1n) is 7.53. The minimum absolute atomic E-state index is 0.0934. The maximum Gasteiger partial charge on any atom is 0.192 e.